The molecule has 0 aliphatic rings. The maximum absolute atomic E-state index is 11.2. The summed E-state index contributed by atoms with van der Waals surface area (Å²) in [5.41, 5.74) is 13.5. The van der Waals surface area contributed by atoms with Crippen LogP contribution in [-0.4, -0.2) is 27.2 Å². The van der Waals surface area contributed by atoms with E-state index in [0.29, 0.717) is 34.0 Å². The molecular formula is C19H19N3O5S. The van der Waals surface area contributed by atoms with Gasteiger partial charge in [0.1, 0.15) is 17.5 Å². The fraction of sp³-hybridized carbons (Fsp3) is 0.158. The molecule has 8 nitrogen and oxygen atoms in total. The molecule has 146 valence electrons. The van der Waals surface area contributed by atoms with Crippen molar-refractivity contribution in [1.29, 1.82) is 0 Å². The molecule has 3 rings (SSSR count). The molecule has 1 aromatic heterocycles. The molecule has 0 spiro atoms. The zero-order valence-electron chi connectivity index (χ0n) is 14.7. The number of H-pyrrole nitrogens is 1. The van der Waals surface area contributed by atoms with E-state index in [2.05, 4.69) is 4.98 Å². The second-order valence-electron chi connectivity index (χ2n) is 6.22. The lowest BCUT2D eigenvalue weighted by atomic mass is 10.0. The van der Waals surface area contributed by atoms with Gasteiger partial charge >= 0.3 is 10.8 Å². The number of nitrogens with one attached hydrogen (secondary N) is 1. The first-order chi connectivity index (χ1) is 13.3. The predicted octanol–water partition coefficient (Wildman–Crippen LogP) is 2.06. The number of aromatic nitrogens is 1. The predicted molar refractivity (Wildman–Crippen MR) is 106 cm³/mol. The van der Waals surface area contributed by atoms with Crippen molar-refractivity contribution in [1.82, 2.24) is 4.98 Å². The Kier molecular flexibility index (Phi) is 5.67. The summed E-state index contributed by atoms with van der Waals surface area (Å²) < 4.78 is 5.77. The molecule has 2 aromatic carbocycles. The summed E-state index contributed by atoms with van der Waals surface area (Å²) in [5, 5.41) is 18.5. The molecular weight excluding hydrogens is 382 g/mol. The number of aliphatic carboxylic acids is 1. The van der Waals surface area contributed by atoms with E-state index < -0.39 is 12.0 Å². The molecule has 0 aliphatic heterocycles. The lowest BCUT2D eigenvalue weighted by Gasteiger charge is -2.12. The molecule has 1 unspecified atom stereocenters. The number of nitrogens with two attached hydrogens (primary N) is 2. The van der Waals surface area contributed by atoms with Crippen LogP contribution in [-0.2, 0) is 17.6 Å². The number of rotatable bonds is 7. The number of aromatic amines is 1. The first kappa shape index (κ1) is 19.5. The van der Waals surface area contributed by atoms with Gasteiger partial charge in [0.25, 0.3) is 0 Å². The van der Waals surface area contributed by atoms with Crippen molar-refractivity contribution in [2.45, 2.75) is 18.9 Å². The second-order valence-corrected chi connectivity index (χ2v) is 7.29. The summed E-state index contributed by atoms with van der Waals surface area (Å²) >= 11 is 0.973. The number of aromatic hydroxyl groups is 1. The Balaban J connectivity index is 1.67. The Morgan fingerprint density at radius 3 is 2.43 bits per heavy atom. The Bertz CT molecular complexity index is 1040. The summed E-state index contributed by atoms with van der Waals surface area (Å²) in [5.74, 6) is -0.0856. The Morgan fingerprint density at radius 2 is 1.86 bits per heavy atom. The van der Waals surface area contributed by atoms with Crippen molar-refractivity contribution >= 4 is 23.0 Å². The maximum atomic E-state index is 11.2. The molecule has 1 heterocycles. The van der Waals surface area contributed by atoms with Crippen LogP contribution in [0.3, 0.4) is 0 Å². The van der Waals surface area contributed by atoms with Gasteiger partial charge in [-0.05, 0) is 29.3 Å². The molecule has 0 amide bonds. The van der Waals surface area contributed by atoms with Gasteiger partial charge in [0.05, 0.1) is 4.88 Å². The third kappa shape index (κ3) is 4.70. The number of carbonyl (C=O) groups is 1. The highest BCUT2D eigenvalue weighted by Gasteiger charge is 2.14. The normalized spacial score (nSPS) is 11.9. The zero-order valence-corrected chi connectivity index (χ0v) is 15.5. The Labute approximate surface area is 164 Å². The highest BCUT2D eigenvalue weighted by molar-refractivity contribution is 7.09. The lowest BCUT2D eigenvalue weighted by Crippen LogP contribution is -2.32. The van der Waals surface area contributed by atoms with Crippen LogP contribution in [0.15, 0.2) is 47.3 Å². The van der Waals surface area contributed by atoms with Gasteiger partial charge in [-0.25, -0.2) is 0 Å². The monoisotopic (exact) mass is 401 g/mol. The van der Waals surface area contributed by atoms with E-state index in [-0.39, 0.29) is 17.2 Å². The van der Waals surface area contributed by atoms with Crippen molar-refractivity contribution in [3.63, 3.8) is 0 Å². The maximum Gasteiger partial charge on any atom is 0.320 e. The third-order valence-electron chi connectivity index (χ3n) is 4.10. The molecule has 0 bridgehead atoms. The van der Waals surface area contributed by atoms with E-state index in [9.17, 15) is 14.7 Å². The average Bonchev–Trinajstić information content (AvgIpc) is 2.96. The fourth-order valence-electron chi connectivity index (χ4n) is 2.62. The molecule has 7 N–H and O–H groups in total. The van der Waals surface area contributed by atoms with Gasteiger partial charge in [0, 0.05) is 24.6 Å². The van der Waals surface area contributed by atoms with Gasteiger partial charge in [-0.3, -0.25) is 14.6 Å². The second kappa shape index (κ2) is 8.15. The highest BCUT2D eigenvalue weighted by Crippen LogP contribution is 2.27. The molecule has 1 atom stereocenters. The van der Waals surface area contributed by atoms with E-state index >= 15 is 0 Å². The van der Waals surface area contributed by atoms with Crippen LogP contribution in [0.25, 0.3) is 0 Å². The van der Waals surface area contributed by atoms with Crippen molar-refractivity contribution in [3.05, 3.63) is 68.1 Å². The first-order valence-electron chi connectivity index (χ1n) is 8.36. The number of nitrogen functional groups attached to an aromatic ring is 1. The fourth-order valence-corrected chi connectivity index (χ4v) is 3.37. The highest BCUT2D eigenvalue weighted by atomic mass is 32.1. The van der Waals surface area contributed by atoms with E-state index in [0.717, 1.165) is 16.9 Å². The molecule has 28 heavy (non-hydrogen) atoms. The topological polar surface area (TPSA) is 152 Å². The van der Waals surface area contributed by atoms with Crippen LogP contribution in [0.2, 0.25) is 0 Å². The van der Waals surface area contributed by atoms with Gasteiger partial charge in [-0.2, -0.15) is 0 Å². The summed E-state index contributed by atoms with van der Waals surface area (Å²) in [6.07, 6.45) is 0.565. The van der Waals surface area contributed by atoms with E-state index in [1.807, 2.05) is 12.1 Å². The van der Waals surface area contributed by atoms with Gasteiger partial charge < -0.3 is 26.4 Å². The van der Waals surface area contributed by atoms with Gasteiger partial charge in [-0.15, -0.1) is 0 Å². The van der Waals surface area contributed by atoms with Crippen molar-refractivity contribution in [2.75, 3.05) is 5.73 Å². The summed E-state index contributed by atoms with van der Waals surface area (Å²) in [6, 6.07) is 11.2. The molecule has 3 aromatic rings. The molecule has 0 fully saturated rings. The minimum absolute atomic E-state index is 0.103. The zero-order chi connectivity index (χ0) is 20.3. The van der Waals surface area contributed by atoms with Gasteiger partial charge in [-0.1, -0.05) is 29.5 Å². The number of anilines is 1. The summed E-state index contributed by atoms with van der Waals surface area (Å²) in [7, 11) is 0. The lowest BCUT2D eigenvalue weighted by molar-refractivity contribution is -0.138. The number of carboxylic acid groups (broad SMARTS) is 1. The van der Waals surface area contributed by atoms with Crippen LogP contribution in [0.5, 0.6) is 17.4 Å². The quantitative estimate of drug-likeness (QED) is 0.380. The smallest absolute Gasteiger partial charge is 0.320 e. The standard InChI is InChI=1S/C19H19N3O5S/c20-14-9-13(6-3-11(14)8-15(21)18(24)25)27-12-4-1-10(2-5-12)7-16-17(23)22-19(26)28-16/h1-6,9,15,23H,7-8,20-21H2,(H,22,26)(H,24,25). The minimum Gasteiger partial charge on any atom is -0.494 e. The van der Waals surface area contributed by atoms with Crippen LogP contribution >= 0.6 is 11.3 Å². The molecule has 0 radical (unpaired) electrons. The van der Waals surface area contributed by atoms with Crippen molar-refractivity contribution in [3.8, 4) is 17.4 Å². The van der Waals surface area contributed by atoms with E-state index in [4.69, 9.17) is 21.3 Å². The van der Waals surface area contributed by atoms with E-state index in [1.54, 1.807) is 30.3 Å². The number of hydrogen-bond acceptors (Lipinski definition) is 7. The van der Waals surface area contributed by atoms with Crippen molar-refractivity contribution < 1.29 is 19.7 Å². The Hall–Kier alpha value is -3.30. The number of benzene rings is 2. The molecule has 0 aliphatic carbocycles. The molecule has 9 heteroatoms. The Morgan fingerprint density at radius 1 is 1.18 bits per heavy atom. The van der Waals surface area contributed by atoms with Crippen LogP contribution in [0.1, 0.15) is 16.0 Å². The van der Waals surface area contributed by atoms with Crippen LogP contribution in [0, 0.1) is 0 Å². The van der Waals surface area contributed by atoms with Crippen LogP contribution in [0.4, 0.5) is 5.69 Å². The van der Waals surface area contributed by atoms with Gasteiger partial charge in [0.15, 0.2) is 0 Å². The summed E-state index contributed by atoms with van der Waals surface area (Å²) in [6.45, 7) is 0. The van der Waals surface area contributed by atoms with E-state index in [1.165, 1.54) is 0 Å². The molecule has 0 saturated carbocycles. The first-order valence-corrected chi connectivity index (χ1v) is 9.18. The molecule has 0 saturated heterocycles. The van der Waals surface area contributed by atoms with Crippen LogP contribution < -0.4 is 21.1 Å². The van der Waals surface area contributed by atoms with Gasteiger partial charge in [0.2, 0.25) is 5.88 Å². The SMILES string of the molecule is Nc1cc(Oc2ccc(Cc3sc(=O)[nH]c3O)cc2)ccc1CC(N)C(=O)O. The number of carboxylic acids is 1. The number of thiazole rings is 1. The number of hydrogen-bond donors (Lipinski definition) is 5. The van der Waals surface area contributed by atoms with Crippen molar-refractivity contribution in [2.24, 2.45) is 5.73 Å². The third-order valence-corrected chi connectivity index (χ3v) is 4.97. The number of ether oxygens (including phenoxy) is 1. The summed E-state index contributed by atoms with van der Waals surface area (Å²) in [4.78, 5) is 24.7. The minimum atomic E-state index is -1.08. The average molecular weight is 401 g/mol. The largest absolute Gasteiger partial charge is 0.494 e.